The van der Waals surface area contributed by atoms with E-state index < -0.39 is 33.9 Å². The lowest BCUT2D eigenvalue weighted by Crippen LogP contribution is -2.26. The molecule has 0 bridgehead atoms. The first-order valence-electron chi connectivity index (χ1n) is 8.46. The van der Waals surface area contributed by atoms with E-state index in [1.54, 1.807) is 0 Å². The molecular formula is C17H16F3N5O5S. The van der Waals surface area contributed by atoms with Crippen LogP contribution in [0, 0.1) is 6.92 Å². The maximum Gasteiger partial charge on any atom is 0.573 e. The van der Waals surface area contributed by atoms with Crippen molar-refractivity contribution in [3.63, 3.8) is 0 Å². The first-order valence-corrected chi connectivity index (χ1v) is 10.0. The van der Waals surface area contributed by atoms with Gasteiger partial charge in [0, 0.05) is 6.20 Å². The summed E-state index contributed by atoms with van der Waals surface area (Å²) in [5.41, 5.74) is -0.106. The Hall–Kier alpha value is -3.52. The number of alkyl halides is 3. The lowest BCUT2D eigenvalue weighted by Gasteiger charge is -2.11. The minimum absolute atomic E-state index is 0.0391. The number of halogens is 3. The molecule has 31 heavy (non-hydrogen) atoms. The number of pyridine rings is 1. The number of anilines is 1. The molecule has 4 N–H and O–H groups in total. The van der Waals surface area contributed by atoms with Crippen molar-refractivity contribution in [2.75, 3.05) is 4.72 Å². The fourth-order valence-electron chi connectivity index (χ4n) is 2.83. The number of hydrogen-bond acceptors (Lipinski definition) is 6. The Labute approximate surface area is 173 Å². The van der Waals surface area contributed by atoms with Gasteiger partial charge in [0.2, 0.25) is 5.88 Å². The Kier molecular flexibility index (Phi) is 5.69. The minimum Gasteiger partial charge on any atom is -0.493 e. The molecule has 0 radical (unpaired) electrons. The van der Waals surface area contributed by atoms with Crippen LogP contribution >= 0.6 is 0 Å². The number of aromatic hydroxyl groups is 1. The van der Waals surface area contributed by atoms with E-state index >= 15 is 0 Å². The first-order chi connectivity index (χ1) is 14.4. The van der Waals surface area contributed by atoms with Crippen LogP contribution in [-0.4, -0.2) is 34.0 Å². The van der Waals surface area contributed by atoms with Crippen LogP contribution in [0.5, 0.6) is 11.6 Å². The largest absolute Gasteiger partial charge is 0.573 e. The first kappa shape index (κ1) is 22.2. The quantitative estimate of drug-likeness (QED) is 0.511. The van der Waals surface area contributed by atoms with Gasteiger partial charge in [-0.2, -0.15) is 8.42 Å². The summed E-state index contributed by atoms with van der Waals surface area (Å²) in [6.07, 6.45) is -2.29. The zero-order valence-electron chi connectivity index (χ0n) is 15.8. The number of nitrogens with two attached hydrogens (primary N) is 1. The van der Waals surface area contributed by atoms with E-state index in [0.29, 0.717) is 5.56 Å². The molecule has 2 heterocycles. The average Bonchev–Trinajstić information content (AvgIpc) is 2.85. The second kappa shape index (κ2) is 7.96. The molecule has 1 aromatic carbocycles. The molecule has 3 aromatic rings. The van der Waals surface area contributed by atoms with Crippen LogP contribution in [0.2, 0.25) is 0 Å². The van der Waals surface area contributed by atoms with Crippen LogP contribution < -0.4 is 20.3 Å². The maximum atomic E-state index is 12.9. The van der Waals surface area contributed by atoms with Gasteiger partial charge in [0.1, 0.15) is 5.75 Å². The highest BCUT2D eigenvalue weighted by Gasteiger charge is 2.31. The normalized spacial score (nSPS) is 12.0. The highest BCUT2D eigenvalue weighted by Crippen LogP contribution is 2.26. The Balaban J connectivity index is 1.98. The van der Waals surface area contributed by atoms with Crippen molar-refractivity contribution in [1.29, 1.82) is 0 Å². The van der Waals surface area contributed by atoms with Gasteiger partial charge in [-0.15, -0.1) is 13.2 Å². The van der Waals surface area contributed by atoms with Crippen molar-refractivity contribution >= 4 is 15.9 Å². The topological polar surface area (TPSA) is 141 Å². The predicted molar refractivity (Wildman–Crippen MR) is 103 cm³/mol. The van der Waals surface area contributed by atoms with E-state index in [1.165, 1.54) is 37.5 Å². The Morgan fingerprint density at radius 3 is 2.45 bits per heavy atom. The summed E-state index contributed by atoms with van der Waals surface area (Å²) in [5.74, 6) is -0.931. The molecular weight excluding hydrogens is 443 g/mol. The number of benzene rings is 1. The third-order valence-corrected chi connectivity index (χ3v) is 4.69. The molecule has 0 fully saturated rings. The molecule has 10 nitrogen and oxygen atoms in total. The molecule has 166 valence electrons. The lowest BCUT2D eigenvalue weighted by atomic mass is 10.2. The van der Waals surface area contributed by atoms with Gasteiger partial charge in [-0.25, -0.2) is 14.5 Å². The van der Waals surface area contributed by atoms with Crippen molar-refractivity contribution in [2.45, 2.75) is 19.8 Å². The zero-order chi connectivity index (χ0) is 23.0. The molecule has 0 aliphatic carbocycles. The summed E-state index contributed by atoms with van der Waals surface area (Å²) in [5, 5.41) is 15.4. The minimum atomic E-state index is -4.87. The second-order valence-electron chi connectivity index (χ2n) is 6.33. The monoisotopic (exact) mass is 459 g/mol. The van der Waals surface area contributed by atoms with Crippen molar-refractivity contribution in [3.05, 3.63) is 64.5 Å². The number of nitrogens with one attached hydrogen (secondary N) is 1. The van der Waals surface area contributed by atoms with Crippen molar-refractivity contribution in [3.8, 4) is 17.3 Å². The van der Waals surface area contributed by atoms with Crippen LogP contribution in [-0.2, 0) is 16.8 Å². The molecule has 0 amide bonds. The van der Waals surface area contributed by atoms with E-state index in [-0.39, 0.29) is 23.6 Å². The summed E-state index contributed by atoms with van der Waals surface area (Å²) >= 11 is 0. The SMILES string of the molecule is Cc1c(O)n(-c2ccc(OC(F)(F)F)cc2)c(=O)n1Cc1ccncc1NS(N)(=O)=O. The Morgan fingerprint density at radius 1 is 1.23 bits per heavy atom. The smallest absolute Gasteiger partial charge is 0.493 e. The molecule has 0 saturated heterocycles. The molecule has 3 rings (SSSR count). The van der Waals surface area contributed by atoms with E-state index in [1.807, 2.05) is 0 Å². The van der Waals surface area contributed by atoms with Gasteiger partial charge in [-0.3, -0.25) is 14.3 Å². The van der Waals surface area contributed by atoms with Crippen molar-refractivity contribution < 1.29 is 31.4 Å². The number of imidazole rings is 1. The number of rotatable bonds is 6. The highest BCUT2D eigenvalue weighted by atomic mass is 32.2. The number of ether oxygens (including phenoxy) is 1. The van der Waals surface area contributed by atoms with Gasteiger partial charge >= 0.3 is 12.1 Å². The third kappa shape index (κ3) is 5.16. The molecule has 0 spiro atoms. The van der Waals surface area contributed by atoms with E-state index in [9.17, 15) is 31.5 Å². The van der Waals surface area contributed by atoms with E-state index in [0.717, 1.165) is 21.3 Å². The molecule has 0 saturated carbocycles. The van der Waals surface area contributed by atoms with Crippen molar-refractivity contribution in [2.24, 2.45) is 5.14 Å². The van der Waals surface area contributed by atoms with Crippen molar-refractivity contribution in [1.82, 2.24) is 14.1 Å². The van der Waals surface area contributed by atoms with Gasteiger partial charge in [0.25, 0.3) is 10.2 Å². The zero-order valence-corrected chi connectivity index (χ0v) is 16.6. The number of hydrogen-bond donors (Lipinski definition) is 3. The molecule has 0 atom stereocenters. The van der Waals surface area contributed by atoms with Crippen LogP contribution in [0.1, 0.15) is 11.3 Å². The lowest BCUT2D eigenvalue weighted by molar-refractivity contribution is -0.274. The molecule has 0 aliphatic rings. The van der Waals surface area contributed by atoms with E-state index in [4.69, 9.17) is 5.14 Å². The summed E-state index contributed by atoms with van der Waals surface area (Å²) < 4.78 is 67.5. The fourth-order valence-corrected chi connectivity index (χ4v) is 3.32. The fraction of sp³-hybridized carbons (Fsp3) is 0.176. The summed E-state index contributed by atoms with van der Waals surface area (Å²) in [7, 11) is -4.10. The number of nitrogens with zero attached hydrogens (tertiary/aromatic N) is 3. The molecule has 0 unspecified atom stereocenters. The summed E-state index contributed by atoms with van der Waals surface area (Å²) in [6, 6.07) is 5.80. The summed E-state index contributed by atoms with van der Waals surface area (Å²) in [6.45, 7) is 1.29. The van der Waals surface area contributed by atoms with Crippen LogP contribution in [0.4, 0.5) is 18.9 Å². The molecule has 2 aromatic heterocycles. The highest BCUT2D eigenvalue weighted by molar-refractivity contribution is 7.90. The van der Waals surface area contributed by atoms with Gasteiger partial charge in [-0.1, -0.05) is 0 Å². The molecule has 0 aliphatic heterocycles. The summed E-state index contributed by atoms with van der Waals surface area (Å²) in [4.78, 5) is 16.7. The van der Waals surface area contributed by atoms with Crippen LogP contribution in [0.15, 0.2) is 47.5 Å². The third-order valence-electron chi connectivity index (χ3n) is 4.18. The maximum absolute atomic E-state index is 12.9. The van der Waals surface area contributed by atoms with Crippen LogP contribution in [0.25, 0.3) is 5.69 Å². The van der Waals surface area contributed by atoms with E-state index in [2.05, 4.69) is 14.4 Å². The van der Waals surface area contributed by atoms with Crippen LogP contribution in [0.3, 0.4) is 0 Å². The Bertz CT molecular complexity index is 1270. The molecule has 14 heteroatoms. The predicted octanol–water partition coefficient (Wildman–Crippen LogP) is 1.61. The van der Waals surface area contributed by atoms with Gasteiger partial charge in [-0.05, 0) is 42.8 Å². The van der Waals surface area contributed by atoms with Gasteiger partial charge in [0.15, 0.2) is 0 Å². The number of aromatic nitrogens is 3. The van der Waals surface area contributed by atoms with Gasteiger partial charge in [0.05, 0.1) is 29.8 Å². The average molecular weight is 459 g/mol. The Morgan fingerprint density at radius 2 is 1.87 bits per heavy atom. The van der Waals surface area contributed by atoms with Gasteiger partial charge < -0.3 is 9.84 Å². The second-order valence-corrected chi connectivity index (χ2v) is 7.63. The standard InChI is InChI=1S/C17H16F3N5O5S/c1-10-15(26)25(12-2-4-13(5-3-12)30-17(18,19)20)16(27)24(10)9-11-6-7-22-8-14(11)23-31(21,28)29/h2-8,23,26H,9H2,1H3,(H2,21,28,29).